The number of nitrogens with zero attached hydrogens (tertiary/aromatic N) is 2. The van der Waals surface area contributed by atoms with Crippen molar-refractivity contribution in [3.8, 4) is 0 Å². The summed E-state index contributed by atoms with van der Waals surface area (Å²) >= 11 is 6.76. The summed E-state index contributed by atoms with van der Waals surface area (Å²) < 4.78 is 36.6. The summed E-state index contributed by atoms with van der Waals surface area (Å²) in [5.41, 5.74) is -1.02. The predicted molar refractivity (Wildman–Crippen MR) is 48.4 cm³/mol. The first-order valence-corrected chi connectivity index (χ1v) is 5.04. The molecule has 0 saturated carbocycles. The van der Waals surface area contributed by atoms with E-state index in [0.29, 0.717) is 10.6 Å². The Labute approximate surface area is 87.9 Å². The molecule has 1 heterocycles. The Morgan fingerprint density at radius 1 is 1.43 bits per heavy atom. The van der Waals surface area contributed by atoms with Crippen molar-refractivity contribution in [2.75, 3.05) is 5.75 Å². The lowest BCUT2D eigenvalue weighted by atomic mass is 10.4. The van der Waals surface area contributed by atoms with Gasteiger partial charge >= 0.3 is 6.18 Å². The molecule has 0 saturated heterocycles. The van der Waals surface area contributed by atoms with Crippen LogP contribution < -0.4 is 0 Å². The summed E-state index contributed by atoms with van der Waals surface area (Å²) in [6.45, 7) is 1.81. The van der Waals surface area contributed by atoms with Crippen molar-refractivity contribution in [3.63, 3.8) is 0 Å². The van der Waals surface area contributed by atoms with Gasteiger partial charge in [-0.3, -0.25) is 0 Å². The van der Waals surface area contributed by atoms with Gasteiger partial charge in [0, 0.05) is 4.90 Å². The Kier molecular flexibility index (Phi) is 3.60. The van der Waals surface area contributed by atoms with Crippen LogP contribution in [0.15, 0.2) is 11.0 Å². The Morgan fingerprint density at radius 3 is 2.57 bits per heavy atom. The topological polar surface area (TPSA) is 25.8 Å². The molecule has 0 aliphatic heterocycles. The molecule has 0 atom stereocenters. The van der Waals surface area contributed by atoms with Crippen LogP contribution in [-0.4, -0.2) is 16.0 Å². The van der Waals surface area contributed by atoms with E-state index in [4.69, 9.17) is 11.6 Å². The van der Waals surface area contributed by atoms with Crippen LogP contribution in [0.4, 0.5) is 13.2 Å². The molecule has 0 radical (unpaired) electrons. The van der Waals surface area contributed by atoms with E-state index in [9.17, 15) is 13.2 Å². The lowest BCUT2D eigenvalue weighted by Crippen LogP contribution is -2.09. The third-order valence-electron chi connectivity index (χ3n) is 1.31. The molecule has 0 aliphatic rings. The van der Waals surface area contributed by atoms with Crippen molar-refractivity contribution in [1.82, 2.24) is 10.2 Å². The molecule has 1 rings (SSSR count). The number of hydrogen-bond acceptors (Lipinski definition) is 3. The first-order chi connectivity index (χ1) is 6.45. The van der Waals surface area contributed by atoms with E-state index >= 15 is 0 Å². The first-order valence-electron chi connectivity index (χ1n) is 3.68. The Bertz CT molecular complexity index is 329. The van der Waals surface area contributed by atoms with Crippen LogP contribution in [0.5, 0.6) is 0 Å². The minimum absolute atomic E-state index is 0.00449. The number of halogens is 4. The SMILES string of the molecule is CCSc1cc(C(F)(F)F)nnc1Cl. The van der Waals surface area contributed by atoms with Crippen molar-refractivity contribution >= 4 is 23.4 Å². The fraction of sp³-hybridized carbons (Fsp3) is 0.429. The number of hydrogen-bond donors (Lipinski definition) is 0. The van der Waals surface area contributed by atoms with Gasteiger partial charge in [-0.05, 0) is 11.8 Å². The predicted octanol–water partition coefficient (Wildman–Crippen LogP) is 3.26. The number of alkyl halides is 3. The highest BCUT2D eigenvalue weighted by Gasteiger charge is 2.33. The molecule has 0 amide bonds. The van der Waals surface area contributed by atoms with Gasteiger partial charge in [0.2, 0.25) is 0 Å². The quantitative estimate of drug-likeness (QED) is 0.745. The average Bonchev–Trinajstić information content (AvgIpc) is 2.07. The molecule has 0 bridgehead atoms. The zero-order valence-corrected chi connectivity index (χ0v) is 8.67. The van der Waals surface area contributed by atoms with E-state index in [-0.39, 0.29) is 5.15 Å². The molecule has 0 N–H and O–H groups in total. The average molecular weight is 243 g/mol. The maximum Gasteiger partial charge on any atom is 0.435 e. The van der Waals surface area contributed by atoms with E-state index in [2.05, 4.69) is 10.2 Å². The molecule has 0 aliphatic carbocycles. The summed E-state index contributed by atoms with van der Waals surface area (Å²) in [5.74, 6) is 0.628. The molecule has 0 aromatic carbocycles. The summed E-state index contributed by atoms with van der Waals surface area (Å²) in [6, 6.07) is 0.906. The largest absolute Gasteiger partial charge is 0.435 e. The molecular formula is C7H6ClF3N2S. The molecule has 0 fully saturated rings. The minimum Gasteiger partial charge on any atom is -0.164 e. The summed E-state index contributed by atoms with van der Waals surface area (Å²) in [6.07, 6.45) is -4.47. The van der Waals surface area contributed by atoms with E-state index in [0.717, 1.165) is 6.07 Å². The molecule has 78 valence electrons. The van der Waals surface area contributed by atoms with Gasteiger partial charge in [-0.15, -0.1) is 22.0 Å². The summed E-state index contributed by atoms with van der Waals surface area (Å²) in [5, 5.41) is 6.22. The van der Waals surface area contributed by atoms with Crippen LogP contribution >= 0.6 is 23.4 Å². The van der Waals surface area contributed by atoms with Gasteiger partial charge in [0.15, 0.2) is 10.8 Å². The second kappa shape index (κ2) is 4.35. The standard InChI is InChI=1S/C7H6ClF3N2S/c1-2-14-4-3-5(7(9,10)11)12-13-6(4)8/h3H,2H2,1H3. The smallest absolute Gasteiger partial charge is 0.164 e. The third kappa shape index (κ3) is 2.75. The van der Waals surface area contributed by atoms with Gasteiger partial charge in [-0.25, -0.2) is 0 Å². The zero-order chi connectivity index (χ0) is 10.8. The molecule has 1 aromatic heterocycles. The molecule has 2 nitrogen and oxygen atoms in total. The van der Waals surface area contributed by atoms with Crippen molar-refractivity contribution < 1.29 is 13.2 Å². The summed E-state index contributed by atoms with van der Waals surface area (Å²) in [4.78, 5) is 0.302. The number of aromatic nitrogens is 2. The van der Waals surface area contributed by atoms with Crippen LogP contribution in [0.3, 0.4) is 0 Å². The fourth-order valence-corrected chi connectivity index (χ4v) is 1.68. The van der Waals surface area contributed by atoms with E-state index in [1.54, 1.807) is 0 Å². The number of thioether (sulfide) groups is 1. The van der Waals surface area contributed by atoms with Gasteiger partial charge in [0.05, 0.1) is 0 Å². The van der Waals surface area contributed by atoms with Gasteiger partial charge in [0.1, 0.15) is 0 Å². The Hall–Kier alpha value is -0.490. The highest BCUT2D eigenvalue weighted by Crippen LogP contribution is 2.32. The fourth-order valence-electron chi connectivity index (χ4n) is 0.755. The van der Waals surface area contributed by atoms with E-state index < -0.39 is 11.9 Å². The maximum absolute atomic E-state index is 12.2. The summed E-state index contributed by atoms with van der Waals surface area (Å²) in [7, 11) is 0. The Morgan fingerprint density at radius 2 is 2.07 bits per heavy atom. The molecule has 1 aromatic rings. The molecule has 0 unspecified atom stereocenters. The maximum atomic E-state index is 12.2. The van der Waals surface area contributed by atoms with Gasteiger partial charge in [0.25, 0.3) is 0 Å². The van der Waals surface area contributed by atoms with E-state index in [1.165, 1.54) is 11.8 Å². The van der Waals surface area contributed by atoms with Crippen LogP contribution in [0.2, 0.25) is 5.15 Å². The Balaban J connectivity index is 3.06. The highest BCUT2D eigenvalue weighted by molar-refractivity contribution is 7.99. The van der Waals surface area contributed by atoms with Gasteiger partial charge in [-0.1, -0.05) is 18.5 Å². The second-order valence-electron chi connectivity index (χ2n) is 2.32. The minimum atomic E-state index is -4.47. The highest BCUT2D eigenvalue weighted by atomic mass is 35.5. The number of rotatable bonds is 2. The monoisotopic (exact) mass is 242 g/mol. The second-order valence-corrected chi connectivity index (χ2v) is 3.98. The van der Waals surface area contributed by atoms with Crippen molar-refractivity contribution in [1.29, 1.82) is 0 Å². The zero-order valence-electron chi connectivity index (χ0n) is 7.10. The van der Waals surface area contributed by atoms with E-state index in [1.807, 2.05) is 6.92 Å². The van der Waals surface area contributed by atoms with Crippen molar-refractivity contribution in [3.05, 3.63) is 16.9 Å². The van der Waals surface area contributed by atoms with Crippen LogP contribution in [0.1, 0.15) is 12.6 Å². The van der Waals surface area contributed by atoms with Gasteiger partial charge in [-0.2, -0.15) is 13.2 Å². The van der Waals surface area contributed by atoms with Crippen LogP contribution in [0.25, 0.3) is 0 Å². The van der Waals surface area contributed by atoms with Crippen molar-refractivity contribution in [2.45, 2.75) is 18.0 Å². The first kappa shape index (κ1) is 11.6. The molecule has 14 heavy (non-hydrogen) atoms. The van der Waals surface area contributed by atoms with Crippen molar-refractivity contribution in [2.24, 2.45) is 0 Å². The molecule has 7 heteroatoms. The molecular weight excluding hydrogens is 237 g/mol. The normalized spacial score (nSPS) is 11.8. The lowest BCUT2D eigenvalue weighted by molar-refractivity contribution is -0.141. The van der Waals surface area contributed by atoms with Gasteiger partial charge < -0.3 is 0 Å². The third-order valence-corrected chi connectivity index (χ3v) is 2.61. The lowest BCUT2D eigenvalue weighted by Gasteiger charge is -2.06. The van der Waals surface area contributed by atoms with Crippen LogP contribution in [0, 0.1) is 0 Å². The molecule has 0 spiro atoms. The van der Waals surface area contributed by atoms with Crippen LogP contribution in [-0.2, 0) is 6.18 Å².